The zero-order chi connectivity index (χ0) is 15.3. The van der Waals surface area contributed by atoms with Crippen molar-refractivity contribution in [3.63, 3.8) is 0 Å². The molecule has 0 aromatic heterocycles. The predicted molar refractivity (Wildman–Crippen MR) is 71.1 cm³/mol. The standard InChI is InChI=1S/C11H16N2O6S/c1-3-8(7-14)12-20(17,18)11-5-4-9(19-2)6-10(11)13(15)16/h4-6,8,12,14H,3,7H2,1-2H3/t8-/m0/s1. The molecule has 0 bridgehead atoms. The topological polar surface area (TPSA) is 119 Å². The number of hydrogen-bond acceptors (Lipinski definition) is 6. The van der Waals surface area contributed by atoms with Crippen molar-refractivity contribution in [1.82, 2.24) is 4.72 Å². The normalized spacial score (nSPS) is 12.9. The smallest absolute Gasteiger partial charge is 0.293 e. The Morgan fingerprint density at radius 1 is 1.50 bits per heavy atom. The van der Waals surface area contributed by atoms with Crippen LogP contribution in [0.5, 0.6) is 5.75 Å². The molecular weight excluding hydrogens is 288 g/mol. The Morgan fingerprint density at radius 2 is 2.15 bits per heavy atom. The summed E-state index contributed by atoms with van der Waals surface area (Å²) in [6.45, 7) is 1.30. The molecule has 0 aliphatic carbocycles. The Hall–Kier alpha value is -1.71. The third-order valence-corrected chi connectivity index (χ3v) is 4.26. The van der Waals surface area contributed by atoms with Crippen molar-refractivity contribution in [2.24, 2.45) is 0 Å². The van der Waals surface area contributed by atoms with Crippen molar-refractivity contribution in [3.8, 4) is 5.75 Å². The number of aliphatic hydroxyl groups is 1. The Kier molecular flexibility index (Phi) is 5.43. The Morgan fingerprint density at radius 3 is 2.60 bits per heavy atom. The van der Waals surface area contributed by atoms with Gasteiger partial charge in [0.05, 0.1) is 24.7 Å². The minimum Gasteiger partial charge on any atom is -0.497 e. The van der Waals surface area contributed by atoms with Gasteiger partial charge in [0.25, 0.3) is 5.69 Å². The number of rotatable bonds is 7. The first-order valence-corrected chi connectivity index (χ1v) is 7.29. The van der Waals surface area contributed by atoms with Gasteiger partial charge in [0.2, 0.25) is 10.0 Å². The van der Waals surface area contributed by atoms with E-state index in [1.807, 2.05) is 0 Å². The number of nitro benzene ring substituents is 1. The molecular formula is C11H16N2O6S. The number of nitro groups is 1. The first-order valence-electron chi connectivity index (χ1n) is 5.81. The second kappa shape index (κ2) is 6.64. The fourth-order valence-corrected chi connectivity index (χ4v) is 2.99. The van der Waals surface area contributed by atoms with Crippen LogP contribution in [0, 0.1) is 10.1 Å². The van der Waals surface area contributed by atoms with Crippen LogP contribution in [-0.2, 0) is 10.0 Å². The van der Waals surface area contributed by atoms with Gasteiger partial charge < -0.3 is 9.84 Å². The van der Waals surface area contributed by atoms with Crippen LogP contribution in [0.1, 0.15) is 13.3 Å². The molecule has 0 saturated heterocycles. The molecule has 0 aliphatic heterocycles. The highest BCUT2D eigenvalue weighted by atomic mass is 32.2. The maximum Gasteiger partial charge on any atom is 0.293 e. The Labute approximate surface area is 116 Å². The van der Waals surface area contributed by atoms with E-state index in [2.05, 4.69) is 4.72 Å². The number of nitrogens with zero attached hydrogens (tertiary/aromatic N) is 1. The fourth-order valence-electron chi connectivity index (χ4n) is 1.53. The molecule has 0 saturated carbocycles. The van der Waals surface area contributed by atoms with Gasteiger partial charge in [0.15, 0.2) is 4.90 Å². The monoisotopic (exact) mass is 304 g/mol. The van der Waals surface area contributed by atoms with Crippen LogP contribution in [-0.4, -0.2) is 38.2 Å². The van der Waals surface area contributed by atoms with Gasteiger partial charge in [-0.25, -0.2) is 13.1 Å². The van der Waals surface area contributed by atoms with Gasteiger partial charge in [-0.1, -0.05) is 6.92 Å². The SMILES string of the molecule is CC[C@@H](CO)NS(=O)(=O)c1ccc(OC)cc1[N+](=O)[O-]. The summed E-state index contributed by atoms with van der Waals surface area (Å²) < 4.78 is 31.3. The van der Waals surface area contributed by atoms with E-state index < -0.39 is 31.6 Å². The lowest BCUT2D eigenvalue weighted by Gasteiger charge is -2.14. The molecule has 8 nitrogen and oxygen atoms in total. The van der Waals surface area contributed by atoms with Crippen LogP contribution < -0.4 is 9.46 Å². The van der Waals surface area contributed by atoms with Crippen molar-refractivity contribution in [2.75, 3.05) is 13.7 Å². The van der Waals surface area contributed by atoms with E-state index in [1.54, 1.807) is 6.92 Å². The minimum absolute atomic E-state index is 0.185. The highest BCUT2D eigenvalue weighted by Gasteiger charge is 2.28. The molecule has 1 aromatic carbocycles. The molecule has 2 N–H and O–H groups in total. The van der Waals surface area contributed by atoms with Crippen molar-refractivity contribution in [2.45, 2.75) is 24.3 Å². The molecule has 0 fully saturated rings. The molecule has 9 heteroatoms. The van der Waals surface area contributed by atoms with Crippen molar-refractivity contribution in [1.29, 1.82) is 0 Å². The highest BCUT2D eigenvalue weighted by molar-refractivity contribution is 7.89. The Balaban J connectivity index is 3.27. The summed E-state index contributed by atoms with van der Waals surface area (Å²) in [5, 5.41) is 20.0. The van der Waals surface area contributed by atoms with Crippen LogP contribution in [0.2, 0.25) is 0 Å². The van der Waals surface area contributed by atoms with E-state index in [0.717, 1.165) is 12.1 Å². The summed E-state index contributed by atoms with van der Waals surface area (Å²) in [5.74, 6) is 0.185. The number of hydrogen-bond donors (Lipinski definition) is 2. The van der Waals surface area contributed by atoms with E-state index in [9.17, 15) is 18.5 Å². The molecule has 1 atom stereocenters. The summed E-state index contributed by atoms with van der Waals surface area (Å²) in [5.41, 5.74) is -0.579. The van der Waals surface area contributed by atoms with Crippen molar-refractivity contribution >= 4 is 15.7 Å². The van der Waals surface area contributed by atoms with Crippen LogP contribution >= 0.6 is 0 Å². The fraction of sp³-hybridized carbons (Fsp3) is 0.455. The number of ether oxygens (including phenoxy) is 1. The lowest BCUT2D eigenvalue weighted by Crippen LogP contribution is -2.37. The van der Waals surface area contributed by atoms with Crippen LogP contribution in [0.15, 0.2) is 23.1 Å². The second-order valence-corrected chi connectivity index (χ2v) is 5.68. The van der Waals surface area contributed by atoms with Crippen LogP contribution in [0.25, 0.3) is 0 Å². The van der Waals surface area contributed by atoms with Crippen molar-refractivity contribution < 1.29 is 23.2 Å². The molecule has 112 valence electrons. The summed E-state index contributed by atoms with van der Waals surface area (Å²) in [6, 6.07) is 2.76. The molecule has 20 heavy (non-hydrogen) atoms. The number of nitrogens with one attached hydrogen (secondary N) is 1. The highest BCUT2D eigenvalue weighted by Crippen LogP contribution is 2.28. The first-order chi connectivity index (χ1) is 9.35. The Bertz CT molecular complexity index is 583. The van der Waals surface area contributed by atoms with Gasteiger partial charge in [-0.2, -0.15) is 0 Å². The summed E-state index contributed by atoms with van der Waals surface area (Å²) in [6.07, 6.45) is 0.361. The van der Waals surface area contributed by atoms with E-state index in [-0.39, 0.29) is 12.4 Å². The minimum atomic E-state index is -4.09. The number of aliphatic hydroxyl groups excluding tert-OH is 1. The summed E-state index contributed by atoms with van der Waals surface area (Å²) >= 11 is 0. The quantitative estimate of drug-likeness (QED) is 0.564. The third-order valence-electron chi connectivity index (χ3n) is 2.69. The van der Waals surface area contributed by atoms with E-state index in [0.29, 0.717) is 6.42 Å². The van der Waals surface area contributed by atoms with E-state index in [1.165, 1.54) is 13.2 Å². The zero-order valence-electron chi connectivity index (χ0n) is 11.1. The first kappa shape index (κ1) is 16.3. The third kappa shape index (κ3) is 3.65. The maximum atomic E-state index is 12.1. The zero-order valence-corrected chi connectivity index (χ0v) is 11.9. The van der Waals surface area contributed by atoms with Gasteiger partial charge in [-0.05, 0) is 18.6 Å². The maximum absolute atomic E-state index is 12.1. The summed E-state index contributed by atoms with van der Waals surface area (Å²) in [4.78, 5) is 9.71. The van der Waals surface area contributed by atoms with Gasteiger partial charge in [-0.3, -0.25) is 10.1 Å². The predicted octanol–water partition coefficient (Wildman–Crippen LogP) is 0.653. The molecule has 0 aliphatic rings. The molecule has 0 heterocycles. The van der Waals surface area contributed by atoms with E-state index in [4.69, 9.17) is 9.84 Å². The van der Waals surface area contributed by atoms with E-state index >= 15 is 0 Å². The molecule has 1 rings (SSSR count). The second-order valence-electron chi connectivity index (χ2n) is 4.00. The van der Waals surface area contributed by atoms with Crippen LogP contribution in [0.3, 0.4) is 0 Å². The molecule has 0 spiro atoms. The molecule has 0 radical (unpaired) electrons. The molecule has 0 unspecified atom stereocenters. The average Bonchev–Trinajstić information content (AvgIpc) is 2.43. The molecule has 0 amide bonds. The number of benzene rings is 1. The lowest BCUT2D eigenvalue weighted by molar-refractivity contribution is -0.387. The van der Waals surface area contributed by atoms with Crippen LogP contribution in [0.4, 0.5) is 5.69 Å². The van der Waals surface area contributed by atoms with Gasteiger partial charge in [0, 0.05) is 6.04 Å². The largest absolute Gasteiger partial charge is 0.497 e. The number of methoxy groups -OCH3 is 1. The van der Waals surface area contributed by atoms with Gasteiger partial charge in [0.1, 0.15) is 5.75 Å². The lowest BCUT2D eigenvalue weighted by atomic mass is 10.3. The average molecular weight is 304 g/mol. The summed E-state index contributed by atoms with van der Waals surface area (Å²) in [7, 11) is -2.77. The van der Waals surface area contributed by atoms with Gasteiger partial charge in [-0.15, -0.1) is 0 Å². The number of sulfonamides is 1. The molecule has 1 aromatic rings. The van der Waals surface area contributed by atoms with Gasteiger partial charge >= 0.3 is 0 Å². The van der Waals surface area contributed by atoms with Crippen molar-refractivity contribution in [3.05, 3.63) is 28.3 Å².